The van der Waals surface area contributed by atoms with Crippen LogP contribution in [0.5, 0.6) is 0 Å². The quantitative estimate of drug-likeness (QED) is 0.455. The van der Waals surface area contributed by atoms with Crippen molar-refractivity contribution in [2.45, 2.75) is 78.6 Å². The summed E-state index contributed by atoms with van der Waals surface area (Å²) in [6.07, 6.45) is 13.1. The van der Waals surface area contributed by atoms with Crippen molar-refractivity contribution in [3.63, 3.8) is 0 Å². The van der Waals surface area contributed by atoms with Crippen LogP contribution < -0.4 is 0 Å². The van der Waals surface area contributed by atoms with Gasteiger partial charge in [-0.3, -0.25) is 0 Å². The van der Waals surface area contributed by atoms with Crippen molar-refractivity contribution in [3.05, 3.63) is 17.9 Å². The lowest BCUT2D eigenvalue weighted by Gasteiger charge is -2.62. The van der Waals surface area contributed by atoms with Gasteiger partial charge in [-0.25, -0.2) is 0 Å². The lowest BCUT2D eigenvalue weighted by atomic mass is 9.43. The van der Waals surface area contributed by atoms with Gasteiger partial charge < -0.3 is 0 Å². The summed E-state index contributed by atoms with van der Waals surface area (Å²) in [7, 11) is 0. The zero-order valence-electron chi connectivity index (χ0n) is 15.0. The molecule has 0 aliphatic heterocycles. The molecule has 0 aromatic rings. The van der Waals surface area contributed by atoms with Gasteiger partial charge in [0.1, 0.15) is 0 Å². The molecule has 4 rings (SSSR count). The second-order valence-electron chi connectivity index (χ2n) is 9.60. The molecule has 22 heavy (non-hydrogen) atoms. The van der Waals surface area contributed by atoms with Crippen LogP contribution in [0.4, 0.5) is 0 Å². The minimum absolute atomic E-state index is 0.440. The molecule has 0 bridgehead atoms. The van der Waals surface area contributed by atoms with E-state index >= 15 is 0 Å². The standard InChI is InChI=1S/C22H34/c1-5-16-9-10-18-20-15(2)14-17-8-6-7-12-21(17,3)19(20)11-13-22(16,18)4/h15,17-20H,1,6-14H2,2-4H3/t15-,17?,18?,19?,20?,21+,22-/m1/s1. The zero-order valence-corrected chi connectivity index (χ0v) is 15.0. The Labute approximate surface area is 137 Å². The second kappa shape index (κ2) is 5.01. The summed E-state index contributed by atoms with van der Waals surface area (Å²) in [5.74, 6) is 4.87. The molecule has 0 aromatic carbocycles. The molecule has 0 heteroatoms. The molecule has 4 fully saturated rings. The minimum atomic E-state index is 0.440. The molecule has 0 nitrogen and oxygen atoms in total. The van der Waals surface area contributed by atoms with Crippen LogP contribution in [-0.4, -0.2) is 0 Å². The van der Waals surface area contributed by atoms with E-state index in [1.807, 2.05) is 0 Å². The van der Waals surface area contributed by atoms with Gasteiger partial charge in [0.05, 0.1) is 0 Å². The van der Waals surface area contributed by atoms with E-state index in [9.17, 15) is 0 Å². The lowest BCUT2D eigenvalue weighted by molar-refractivity contribution is -0.123. The van der Waals surface area contributed by atoms with Crippen molar-refractivity contribution in [1.29, 1.82) is 0 Å². The number of rotatable bonds is 0. The van der Waals surface area contributed by atoms with Gasteiger partial charge in [-0.15, -0.1) is 5.73 Å². The van der Waals surface area contributed by atoms with Crippen LogP contribution in [0.25, 0.3) is 0 Å². The maximum Gasteiger partial charge on any atom is -0.000948 e. The summed E-state index contributed by atoms with van der Waals surface area (Å²) < 4.78 is 0. The molecule has 0 amide bonds. The molecule has 0 heterocycles. The van der Waals surface area contributed by atoms with Crippen LogP contribution in [0, 0.1) is 40.4 Å². The summed E-state index contributed by atoms with van der Waals surface area (Å²) in [6.45, 7) is 11.8. The van der Waals surface area contributed by atoms with E-state index in [2.05, 4.69) is 33.1 Å². The first-order valence-corrected chi connectivity index (χ1v) is 9.90. The first-order chi connectivity index (χ1) is 10.5. The molecular formula is C22H34. The number of hydrogen-bond acceptors (Lipinski definition) is 0. The van der Waals surface area contributed by atoms with Gasteiger partial charge in [0.2, 0.25) is 0 Å². The first-order valence-electron chi connectivity index (χ1n) is 9.90. The Morgan fingerprint density at radius 3 is 2.64 bits per heavy atom. The van der Waals surface area contributed by atoms with E-state index in [0.29, 0.717) is 10.8 Å². The Balaban J connectivity index is 1.72. The average molecular weight is 299 g/mol. The molecule has 122 valence electrons. The fourth-order valence-corrected chi connectivity index (χ4v) is 7.77. The molecule has 4 unspecified atom stereocenters. The summed E-state index contributed by atoms with van der Waals surface area (Å²) in [5.41, 5.74) is 6.02. The van der Waals surface area contributed by atoms with E-state index in [1.54, 1.807) is 5.57 Å². The SMILES string of the molecule is C=C=C1CCC2C3C(CC[C@]12C)[C@@]1(C)CCCCC1C[C@H]3C. The molecule has 0 N–H and O–H groups in total. The second-order valence-corrected chi connectivity index (χ2v) is 9.60. The zero-order chi connectivity index (χ0) is 15.5. The third kappa shape index (κ3) is 1.83. The van der Waals surface area contributed by atoms with Crippen molar-refractivity contribution in [2.24, 2.45) is 40.4 Å². The smallest absolute Gasteiger partial charge is 0.000948 e. The van der Waals surface area contributed by atoms with Gasteiger partial charge in [0, 0.05) is 0 Å². The molecule has 4 saturated carbocycles. The molecule has 0 aromatic heterocycles. The van der Waals surface area contributed by atoms with E-state index in [1.165, 1.54) is 57.8 Å². The highest BCUT2D eigenvalue weighted by atomic mass is 14.6. The van der Waals surface area contributed by atoms with Gasteiger partial charge in [0.15, 0.2) is 0 Å². The Hall–Kier alpha value is -0.480. The van der Waals surface area contributed by atoms with Gasteiger partial charge in [0.25, 0.3) is 0 Å². The molecule has 0 radical (unpaired) electrons. The minimum Gasteiger partial charge on any atom is -0.129 e. The molecule has 4 aliphatic rings. The van der Waals surface area contributed by atoms with E-state index in [-0.39, 0.29) is 0 Å². The van der Waals surface area contributed by atoms with Crippen molar-refractivity contribution >= 4 is 0 Å². The summed E-state index contributed by atoms with van der Waals surface area (Å²) in [5, 5.41) is 0. The monoisotopic (exact) mass is 298 g/mol. The van der Waals surface area contributed by atoms with Crippen molar-refractivity contribution in [1.82, 2.24) is 0 Å². The Kier molecular flexibility index (Phi) is 3.43. The van der Waals surface area contributed by atoms with E-state index in [0.717, 1.165) is 29.6 Å². The molecule has 7 atom stereocenters. The lowest BCUT2D eigenvalue weighted by Crippen LogP contribution is -2.54. The largest absolute Gasteiger partial charge is 0.129 e. The molecule has 0 spiro atoms. The predicted molar refractivity (Wildman–Crippen MR) is 93.5 cm³/mol. The molecule has 0 saturated heterocycles. The number of fused-ring (bicyclic) bond motifs is 5. The number of hydrogen-bond donors (Lipinski definition) is 0. The fourth-order valence-electron chi connectivity index (χ4n) is 7.77. The summed E-state index contributed by atoms with van der Waals surface area (Å²) in [6, 6.07) is 0. The average Bonchev–Trinajstić information content (AvgIpc) is 2.84. The van der Waals surface area contributed by atoms with Crippen LogP contribution in [0.2, 0.25) is 0 Å². The maximum atomic E-state index is 4.02. The highest BCUT2D eigenvalue weighted by Crippen LogP contribution is 2.68. The maximum absolute atomic E-state index is 4.02. The highest BCUT2D eigenvalue weighted by Gasteiger charge is 2.60. The fraction of sp³-hybridized carbons (Fsp3) is 0.864. The Morgan fingerprint density at radius 1 is 1.05 bits per heavy atom. The third-order valence-corrected chi connectivity index (χ3v) is 8.94. The topological polar surface area (TPSA) is 0 Å². The van der Waals surface area contributed by atoms with Crippen molar-refractivity contribution in [3.8, 4) is 0 Å². The Bertz CT molecular complexity index is 510. The van der Waals surface area contributed by atoms with Gasteiger partial charge in [-0.05, 0) is 90.9 Å². The van der Waals surface area contributed by atoms with Crippen molar-refractivity contribution in [2.75, 3.05) is 0 Å². The van der Waals surface area contributed by atoms with Crippen LogP contribution in [0.3, 0.4) is 0 Å². The predicted octanol–water partition coefficient (Wildman–Crippen LogP) is 6.38. The summed E-state index contributed by atoms with van der Waals surface area (Å²) >= 11 is 0. The van der Waals surface area contributed by atoms with E-state index < -0.39 is 0 Å². The van der Waals surface area contributed by atoms with Crippen LogP contribution in [0.15, 0.2) is 17.9 Å². The van der Waals surface area contributed by atoms with Crippen LogP contribution in [0.1, 0.15) is 78.6 Å². The van der Waals surface area contributed by atoms with Gasteiger partial charge >= 0.3 is 0 Å². The van der Waals surface area contributed by atoms with Crippen LogP contribution in [-0.2, 0) is 0 Å². The normalized spacial score (nSPS) is 54.1. The van der Waals surface area contributed by atoms with Crippen molar-refractivity contribution < 1.29 is 0 Å². The molecular weight excluding hydrogens is 264 g/mol. The van der Waals surface area contributed by atoms with Gasteiger partial charge in [-0.2, -0.15) is 0 Å². The van der Waals surface area contributed by atoms with E-state index in [4.69, 9.17) is 0 Å². The highest BCUT2D eigenvalue weighted by molar-refractivity contribution is 5.23. The van der Waals surface area contributed by atoms with Gasteiger partial charge in [-0.1, -0.05) is 40.2 Å². The first kappa shape index (κ1) is 15.1. The summed E-state index contributed by atoms with van der Waals surface area (Å²) in [4.78, 5) is 0. The van der Waals surface area contributed by atoms with Crippen LogP contribution >= 0.6 is 0 Å². The number of allylic oxidation sites excluding steroid dienone is 1. The molecule has 4 aliphatic carbocycles. The third-order valence-electron chi connectivity index (χ3n) is 8.94. The Morgan fingerprint density at radius 2 is 1.86 bits per heavy atom.